The summed E-state index contributed by atoms with van der Waals surface area (Å²) in [7, 11) is 1.67. The van der Waals surface area contributed by atoms with Crippen molar-refractivity contribution in [1.29, 1.82) is 0 Å². The van der Waals surface area contributed by atoms with Crippen LogP contribution in [0.4, 0.5) is 0 Å². The first kappa shape index (κ1) is 21.2. The van der Waals surface area contributed by atoms with Crippen molar-refractivity contribution in [2.75, 3.05) is 20.2 Å². The standard InChI is InChI=1S/C26H29N5O2/c1-18-28-23-10-3-4-11-24(23)31(18)14-12-25(32)30-13-6-8-20(17-30)26-22(16-27-29-26)19-7-5-9-21(15-19)33-2/h3-5,7,9-11,15-16,20H,6,8,12-14,17H2,1-2H3,(H,27,29). The average Bonchev–Trinajstić information content (AvgIpc) is 3.47. The van der Waals surface area contributed by atoms with Gasteiger partial charge in [0.15, 0.2) is 0 Å². The van der Waals surface area contributed by atoms with Gasteiger partial charge >= 0.3 is 0 Å². The second-order valence-electron chi connectivity index (χ2n) is 8.66. The van der Waals surface area contributed by atoms with E-state index >= 15 is 0 Å². The minimum Gasteiger partial charge on any atom is -0.497 e. The van der Waals surface area contributed by atoms with Gasteiger partial charge in [-0.2, -0.15) is 5.10 Å². The molecule has 2 aromatic heterocycles. The molecule has 1 saturated heterocycles. The number of hydrogen-bond acceptors (Lipinski definition) is 4. The number of likely N-dealkylation sites (tertiary alicyclic amines) is 1. The van der Waals surface area contributed by atoms with E-state index in [0.717, 1.165) is 58.8 Å². The van der Waals surface area contributed by atoms with Crippen LogP contribution in [0.2, 0.25) is 0 Å². The largest absolute Gasteiger partial charge is 0.497 e. The average molecular weight is 444 g/mol. The maximum atomic E-state index is 13.1. The molecule has 0 bridgehead atoms. The molecule has 1 atom stereocenters. The molecule has 7 heteroatoms. The number of aryl methyl sites for hydroxylation is 2. The Hall–Kier alpha value is -3.61. The summed E-state index contributed by atoms with van der Waals surface area (Å²) in [6.07, 6.45) is 4.37. The van der Waals surface area contributed by atoms with Gasteiger partial charge < -0.3 is 14.2 Å². The van der Waals surface area contributed by atoms with E-state index in [1.165, 1.54) is 0 Å². The number of aromatic nitrogens is 4. The first-order valence-corrected chi connectivity index (χ1v) is 11.5. The van der Waals surface area contributed by atoms with E-state index in [4.69, 9.17) is 4.74 Å². The highest BCUT2D eigenvalue weighted by molar-refractivity contribution is 5.78. The normalized spacial score (nSPS) is 16.3. The first-order valence-electron chi connectivity index (χ1n) is 11.5. The molecule has 0 radical (unpaired) electrons. The van der Waals surface area contributed by atoms with E-state index in [2.05, 4.69) is 31.9 Å². The summed E-state index contributed by atoms with van der Waals surface area (Å²) in [5.74, 6) is 2.20. The Morgan fingerprint density at radius 1 is 1.21 bits per heavy atom. The number of aromatic amines is 1. The second-order valence-corrected chi connectivity index (χ2v) is 8.66. The van der Waals surface area contributed by atoms with Crippen molar-refractivity contribution in [3.8, 4) is 16.9 Å². The van der Waals surface area contributed by atoms with Crippen molar-refractivity contribution >= 4 is 16.9 Å². The first-order chi connectivity index (χ1) is 16.1. The van der Waals surface area contributed by atoms with Crippen LogP contribution in [0.3, 0.4) is 0 Å². The summed E-state index contributed by atoms with van der Waals surface area (Å²) >= 11 is 0. The number of ether oxygens (including phenoxy) is 1. The fraction of sp³-hybridized carbons (Fsp3) is 0.346. The van der Waals surface area contributed by atoms with Gasteiger partial charge in [0.2, 0.25) is 5.91 Å². The summed E-state index contributed by atoms with van der Waals surface area (Å²) in [5, 5.41) is 7.54. The molecule has 4 aromatic rings. The number of para-hydroxylation sites is 2. The zero-order chi connectivity index (χ0) is 22.8. The molecular formula is C26H29N5O2. The molecule has 33 heavy (non-hydrogen) atoms. The number of carbonyl (C=O) groups excluding carboxylic acids is 1. The molecule has 1 aliphatic heterocycles. The Morgan fingerprint density at radius 2 is 2.09 bits per heavy atom. The summed E-state index contributed by atoms with van der Waals surface area (Å²) in [6, 6.07) is 16.1. The Bertz CT molecular complexity index is 1270. The molecule has 170 valence electrons. The number of methoxy groups -OCH3 is 1. The number of nitrogens with zero attached hydrogens (tertiary/aromatic N) is 4. The van der Waals surface area contributed by atoms with E-state index in [0.29, 0.717) is 19.5 Å². The van der Waals surface area contributed by atoms with Crippen LogP contribution in [0.25, 0.3) is 22.2 Å². The molecular weight excluding hydrogens is 414 g/mol. The topological polar surface area (TPSA) is 76.0 Å². The van der Waals surface area contributed by atoms with E-state index < -0.39 is 0 Å². The summed E-state index contributed by atoms with van der Waals surface area (Å²) in [5.41, 5.74) is 5.31. The number of hydrogen-bond donors (Lipinski definition) is 1. The maximum absolute atomic E-state index is 13.1. The number of fused-ring (bicyclic) bond motifs is 1. The van der Waals surface area contributed by atoms with Gasteiger partial charge in [0.05, 0.1) is 24.3 Å². The molecule has 0 aliphatic carbocycles. The van der Waals surface area contributed by atoms with Crippen molar-refractivity contribution in [2.24, 2.45) is 0 Å². The minimum absolute atomic E-state index is 0.194. The van der Waals surface area contributed by atoms with Gasteiger partial charge in [0.1, 0.15) is 11.6 Å². The van der Waals surface area contributed by atoms with Crippen molar-refractivity contribution in [1.82, 2.24) is 24.6 Å². The molecule has 0 saturated carbocycles. The van der Waals surface area contributed by atoms with Crippen LogP contribution >= 0.6 is 0 Å². The quantitative estimate of drug-likeness (QED) is 0.475. The fourth-order valence-electron chi connectivity index (χ4n) is 4.91. The van der Waals surface area contributed by atoms with Crippen LogP contribution in [0.1, 0.15) is 36.7 Å². The summed E-state index contributed by atoms with van der Waals surface area (Å²) < 4.78 is 7.53. The third kappa shape index (κ3) is 4.23. The lowest BCUT2D eigenvalue weighted by Crippen LogP contribution is -2.39. The lowest BCUT2D eigenvalue weighted by molar-refractivity contribution is -0.132. The minimum atomic E-state index is 0.194. The number of carbonyl (C=O) groups is 1. The number of nitrogens with one attached hydrogen (secondary N) is 1. The zero-order valence-electron chi connectivity index (χ0n) is 19.1. The molecule has 5 rings (SSSR count). The van der Waals surface area contributed by atoms with E-state index in [1.807, 2.05) is 54.4 Å². The summed E-state index contributed by atoms with van der Waals surface area (Å²) in [6.45, 7) is 4.16. The number of amides is 1. The highest BCUT2D eigenvalue weighted by Crippen LogP contribution is 2.34. The molecule has 3 heterocycles. The molecule has 1 aliphatic rings. The SMILES string of the molecule is COc1cccc(-c2cn[nH]c2C2CCCN(C(=O)CCn3c(C)nc4ccccc43)C2)c1. The van der Waals surface area contributed by atoms with E-state index in [-0.39, 0.29) is 11.8 Å². The Balaban J connectivity index is 1.29. The van der Waals surface area contributed by atoms with Crippen LogP contribution in [0, 0.1) is 6.92 Å². The molecule has 1 N–H and O–H groups in total. The Kier molecular flexibility index (Phi) is 5.86. The lowest BCUT2D eigenvalue weighted by atomic mass is 9.90. The van der Waals surface area contributed by atoms with Gasteiger partial charge in [-0.3, -0.25) is 9.89 Å². The van der Waals surface area contributed by atoms with Gasteiger partial charge in [0.25, 0.3) is 0 Å². The van der Waals surface area contributed by atoms with E-state index in [1.54, 1.807) is 7.11 Å². The highest BCUT2D eigenvalue weighted by atomic mass is 16.5. The van der Waals surface area contributed by atoms with Gasteiger partial charge in [-0.1, -0.05) is 24.3 Å². The van der Waals surface area contributed by atoms with Crippen LogP contribution in [-0.2, 0) is 11.3 Å². The lowest BCUT2D eigenvalue weighted by Gasteiger charge is -2.33. The van der Waals surface area contributed by atoms with Crippen LogP contribution in [0.5, 0.6) is 5.75 Å². The van der Waals surface area contributed by atoms with Crippen molar-refractivity contribution in [3.63, 3.8) is 0 Å². The van der Waals surface area contributed by atoms with Gasteiger partial charge in [-0.15, -0.1) is 0 Å². The molecule has 1 fully saturated rings. The Morgan fingerprint density at radius 3 is 2.97 bits per heavy atom. The highest BCUT2D eigenvalue weighted by Gasteiger charge is 2.27. The molecule has 0 spiro atoms. The smallest absolute Gasteiger partial charge is 0.224 e. The van der Waals surface area contributed by atoms with Gasteiger partial charge in [-0.05, 0) is 49.6 Å². The molecule has 2 aromatic carbocycles. The van der Waals surface area contributed by atoms with Crippen molar-refractivity contribution in [3.05, 3.63) is 66.2 Å². The van der Waals surface area contributed by atoms with Crippen LogP contribution in [-0.4, -0.2) is 50.8 Å². The number of H-pyrrole nitrogens is 1. The zero-order valence-corrected chi connectivity index (χ0v) is 19.1. The third-order valence-corrected chi connectivity index (χ3v) is 6.63. The third-order valence-electron chi connectivity index (χ3n) is 6.63. The van der Waals surface area contributed by atoms with Crippen molar-refractivity contribution in [2.45, 2.75) is 38.6 Å². The Labute approximate surface area is 193 Å². The van der Waals surface area contributed by atoms with Gasteiger partial charge in [-0.25, -0.2) is 4.98 Å². The fourth-order valence-corrected chi connectivity index (χ4v) is 4.91. The number of imidazole rings is 1. The van der Waals surface area contributed by atoms with Gasteiger partial charge in [0, 0.05) is 43.2 Å². The van der Waals surface area contributed by atoms with E-state index in [9.17, 15) is 4.79 Å². The van der Waals surface area contributed by atoms with Crippen LogP contribution in [0.15, 0.2) is 54.7 Å². The predicted molar refractivity (Wildman–Crippen MR) is 128 cm³/mol. The number of rotatable bonds is 6. The summed E-state index contributed by atoms with van der Waals surface area (Å²) in [4.78, 5) is 19.8. The maximum Gasteiger partial charge on any atom is 0.224 e. The molecule has 7 nitrogen and oxygen atoms in total. The number of benzene rings is 2. The van der Waals surface area contributed by atoms with Crippen LogP contribution < -0.4 is 4.74 Å². The predicted octanol–water partition coefficient (Wildman–Crippen LogP) is 4.54. The monoisotopic (exact) mass is 443 g/mol. The second kappa shape index (κ2) is 9.10. The van der Waals surface area contributed by atoms with Crippen molar-refractivity contribution < 1.29 is 9.53 Å². The number of piperidine rings is 1. The molecule has 1 unspecified atom stereocenters. The molecule has 1 amide bonds.